The van der Waals surface area contributed by atoms with E-state index < -0.39 is 17.8 Å². The van der Waals surface area contributed by atoms with Crippen LogP contribution in [0.3, 0.4) is 0 Å². The van der Waals surface area contributed by atoms with Crippen molar-refractivity contribution < 1.29 is 19.1 Å². The van der Waals surface area contributed by atoms with Gasteiger partial charge in [0.2, 0.25) is 11.8 Å². The molecule has 1 aromatic heterocycles. The zero-order valence-electron chi connectivity index (χ0n) is 9.76. The van der Waals surface area contributed by atoms with Gasteiger partial charge in [-0.2, -0.15) is 0 Å². The molecule has 0 fully saturated rings. The number of imide groups is 1. The van der Waals surface area contributed by atoms with Gasteiger partial charge in [-0.1, -0.05) is 0 Å². The van der Waals surface area contributed by atoms with Crippen molar-refractivity contribution in [1.82, 2.24) is 4.98 Å². The van der Waals surface area contributed by atoms with E-state index in [0.29, 0.717) is 0 Å². The Balaban J connectivity index is 3.23. The van der Waals surface area contributed by atoms with Crippen LogP contribution in [0.4, 0.5) is 5.82 Å². The van der Waals surface area contributed by atoms with Gasteiger partial charge in [0.15, 0.2) is 11.6 Å². The molecule has 2 amide bonds. The minimum absolute atomic E-state index is 0.0164. The summed E-state index contributed by atoms with van der Waals surface area (Å²) in [4.78, 5) is 38.3. The highest BCUT2D eigenvalue weighted by Crippen LogP contribution is 2.25. The Hall–Kier alpha value is -2.24. The molecule has 0 saturated carbocycles. The molecule has 0 aliphatic carbocycles. The molecule has 0 radical (unpaired) electrons. The van der Waals surface area contributed by atoms with Crippen LogP contribution >= 0.6 is 0 Å². The van der Waals surface area contributed by atoms with Gasteiger partial charge in [-0.15, -0.1) is 0 Å². The van der Waals surface area contributed by atoms with Gasteiger partial charge in [0.05, 0.1) is 0 Å². The number of rotatable bonds is 2. The molecular formula is C11H12N2O4. The number of ether oxygens (including phenoxy) is 1. The molecule has 0 saturated heterocycles. The van der Waals surface area contributed by atoms with Crippen LogP contribution in [0.2, 0.25) is 0 Å². The molecular weight excluding hydrogens is 224 g/mol. The van der Waals surface area contributed by atoms with Crippen LogP contribution in [-0.2, 0) is 14.4 Å². The van der Waals surface area contributed by atoms with Crippen LogP contribution in [0, 0.1) is 0 Å². The molecule has 1 aromatic rings. The van der Waals surface area contributed by atoms with Gasteiger partial charge in [-0.3, -0.25) is 14.4 Å². The molecule has 1 rings (SSSR count). The number of amides is 2. The Bertz CT molecular complexity index is 456. The fraction of sp³-hybridized carbons (Fsp3) is 0.273. The van der Waals surface area contributed by atoms with Crippen molar-refractivity contribution in [2.45, 2.75) is 20.8 Å². The predicted octanol–water partition coefficient (Wildman–Crippen LogP) is 0.906. The first-order chi connectivity index (χ1) is 7.93. The molecule has 0 bridgehead atoms. The molecule has 6 heteroatoms. The zero-order chi connectivity index (χ0) is 13.0. The van der Waals surface area contributed by atoms with Crippen LogP contribution in [0.5, 0.6) is 5.75 Å². The van der Waals surface area contributed by atoms with E-state index in [0.717, 1.165) is 4.90 Å². The standard InChI is InChI=1S/C11H12N2O4/c1-7(14)13(8(2)15)11-10(17-9(3)16)5-4-6-12-11/h4-6H,1-3H3. The normalized spacial score (nSPS) is 9.59. The van der Waals surface area contributed by atoms with Gasteiger partial charge in [0, 0.05) is 27.0 Å². The lowest BCUT2D eigenvalue weighted by atomic mass is 10.3. The average Bonchev–Trinajstić information content (AvgIpc) is 2.18. The van der Waals surface area contributed by atoms with Crippen molar-refractivity contribution >= 4 is 23.6 Å². The number of hydrogen-bond acceptors (Lipinski definition) is 5. The van der Waals surface area contributed by atoms with Gasteiger partial charge < -0.3 is 4.74 Å². The third kappa shape index (κ3) is 3.10. The second kappa shape index (κ2) is 5.20. The lowest BCUT2D eigenvalue weighted by Gasteiger charge is -2.18. The minimum Gasteiger partial charge on any atom is -0.423 e. The summed E-state index contributed by atoms with van der Waals surface area (Å²) in [5.74, 6) is -1.45. The number of aromatic nitrogens is 1. The summed E-state index contributed by atoms with van der Waals surface area (Å²) in [6, 6.07) is 3.00. The number of hydrogen-bond donors (Lipinski definition) is 0. The smallest absolute Gasteiger partial charge is 0.308 e. The monoisotopic (exact) mass is 236 g/mol. The van der Waals surface area contributed by atoms with E-state index in [2.05, 4.69) is 4.98 Å². The van der Waals surface area contributed by atoms with Gasteiger partial charge in [-0.25, -0.2) is 9.88 Å². The topological polar surface area (TPSA) is 76.6 Å². The van der Waals surface area contributed by atoms with Gasteiger partial charge in [0.25, 0.3) is 0 Å². The van der Waals surface area contributed by atoms with E-state index in [4.69, 9.17) is 4.74 Å². The maximum atomic E-state index is 11.3. The van der Waals surface area contributed by atoms with Crippen molar-refractivity contribution in [2.75, 3.05) is 4.90 Å². The second-order valence-electron chi connectivity index (χ2n) is 3.29. The maximum Gasteiger partial charge on any atom is 0.308 e. The Morgan fingerprint density at radius 3 is 2.24 bits per heavy atom. The summed E-state index contributed by atoms with van der Waals surface area (Å²) in [7, 11) is 0. The van der Waals surface area contributed by atoms with Crippen molar-refractivity contribution in [3.63, 3.8) is 0 Å². The molecule has 0 aliphatic rings. The number of nitrogens with zero attached hydrogens (tertiary/aromatic N) is 2. The maximum absolute atomic E-state index is 11.3. The highest BCUT2D eigenvalue weighted by molar-refractivity contribution is 6.13. The van der Waals surface area contributed by atoms with Gasteiger partial charge >= 0.3 is 5.97 Å². The highest BCUT2D eigenvalue weighted by atomic mass is 16.5. The SMILES string of the molecule is CC(=O)Oc1cccnc1N(C(C)=O)C(C)=O. The average molecular weight is 236 g/mol. The quantitative estimate of drug-likeness (QED) is 0.713. The highest BCUT2D eigenvalue weighted by Gasteiger charge is 2.22. The van der Waals surface area contributed by atoms with E-state index in [9.17, 15) is 14.4 Å². The molecule has 0 N–H and O–H groups in total. The van der Waals surface area contributed by atoms with Crippen molar-refractivity contribution in [2.24, 2.45) is 0 Å². The first-order valence-corrected chi connectivity index (χ1v) is 4.88. The fourth-order valence-corrected chi connectivity index (χ4v) is 1.30. The summed E-state index contributed by atoms with van der Waals surface area (Å²) in [5, 5.41) is 0. The van der Waals surface area contributed by atoms with E-state index >= 15 is 0 Å². The summed E-state index contributed by atoms with van der Waals surface area (Å²) in [5.41, 5.74) is 0. The molecule has 0 aliphatic heterocycles. The third-order valence-corrected chi connectivity index (χ3v) is 1.85. The first kappa shape index (κ1) is 12.8. The van der Waals surface area contributed by atoms with Crippen molar-refractivity contribution in [1.29, 1.82) is 0 Å². The van der Waals surface area contributed by atoms with E-state index in [1.165, 1.54) is 33.0 Å². The van der Waals surface area contributed by atoms with Crippen LogP contribution in [0.15, 0.2) is 18.3 Å². The van der Waals surface area contributed by atoms with Gasteiger partial charge in [-0.05, 0) is 12.1 Å². The molecule has 17 heavy (non-hydrogen) atoms. The van der Waals surface area contributed by atoms with Crippen LogP contribution in [0.25, 0.3) is 0 Å². The van der Waals surface area contributed by atoms with Crippen molar-refractivity contribution in [3.8, 4) is 5.75 Å². The Morgan fingerprint density at radius 2 is 1.76 bits per heavy atom. The number of anilines is 1. The third-order valence-electron chi connectivity index (χ3n) is 1.85. The van der Waals surface area contributed by atoms with Gasteiger partial charge in [0.1, 0.15) is 0 Å². The second-order valence-corrected chi connectivity index (χ2v) is 3.29. The molecule has 0 spiro atoms. The summed E-state index contributed by atoms with van der Waals surface area (Å²) in [6.07, 6.45) is 1.40. The molecule has 1 heterocycles. The first-order valence-electron chi connectivity index (χ1n) is 4.88. The summed E-state index contributed by atoms with van der Waals surface area (Å²) < 4.78 is 4.88. The molecule has 0 unspecified atom stereocenters. The molecule has 90 valence electrons. The number of carbonyl (C=O) groups is 3. The number of pyridine rings is 1. The fourth-order valence-electron chi connectivity index (χ4n) is 1.30. The predicted molar refractivity (Wildman–Crippen MR) is 59.4 cm³/mol. The van der Waals surface area contributed by atoms with Crippen molar-refractivity contribution in [3.05, 3.63) is 18.3 Å². The molecule has 0 atom stereocenters. The van der Waals surface area contributed by atoms with Crippen LogP contribution < -0.4 is 9.64 Å². The summed E-state index contributed by atoms with van der Waals surface area (Å²) >= 11 is 0. The lowest BCUT2D eigenvalue weighted by molar-refractivity contribution is -0.132. The molecule has 6 nitrogen and oxygen atoms in total. The lowest BCUT2D eigenvalue weighted by Crippen LogP contribution is -2.34. The van der Waals surface area contributed by atoms with E-state index in [1.54, 1.807) is 6.07 Å². The molecule has 0 aromatic carbocycles. The zero-order valence-corrected chi connectivity index (χ0v) is 9.76. The minimum atomic E-state index is -0.550. The van der Waals surface area contributed by atoms with E-state index in [-0.39, 0.29) is 11.6 Å². The Labute approximate surface area is 98.2 Å². The Morgan fingerprint density at radius 1 is 1.18 bits per heavy atom. The van der Waals surface area contributed by atoms with Crippen LogP contribution in [-0.4, -0.2) is 22.8 Å². The van der Waals surface area contributed by atoms with E-state index in [1.807, 2.05) is 0 Å². The summed E-state index contributed by atoms with van der Waals surface area (Å²) in [6.45, 7) is 3.68. The number of carbonyl (C=O) groups excluding carboxylic acids is 3. The van der Waals surface area contributed by atoms with Crippen LogP contribution in [0.1, 0.15) is 20.8 Å². The Kier molecular flexibility index (Phi) is 3.92. The number of esters is 1. The largest absolute Gasteiger partial charge is 0.423 e.